The highest BCUT2D eigenvalue weighted by Crippen LogP contribution is 2.32. The molecule has 138 valence electrons. The maximum atomic E-state index is 12.1. The van der Waals surface area contributed by atoms with E-state index < -0.39 is 0 Å². The van der Waals surface area contributed by atoms with Crippen molar-refractivity contribution in [1.82, 2.24) is 10.3 Å². The van der Waals surface area contributed by atoms with Crippen molar-refractivity contribution in [3.8, 4) is 22.8 Å². The highest BCUT2D eigenvalue weighted by molar-refractivity contribution is 7.99. The number of carbonyl (C=O) groups excluding carboxylic acids is 1. The maximum absolute atomic E-state index is 12.1. The van der Waals surface area contributed by atoms with Crippen LogP contribution >= 0.6 is 23.4 Å². The lowest BCUT2D eigenvalue weighted by atomic mass is 10.2. The van der Waals surface area contributed by atoms with Crippen LogP contribution in [0.4, 0.5) is 0 Å². The van der Waals surface area contributed by atoms with Crippen LogP contribution in [-0.4, -0.2) is 23.4 Å². The second-order valence-corrected chi connectivity index (χ2v) is 7.11. The smallest absolute Gasteiger partial charge is 0.256 e. The van der Waals surface area contributed by atoms with Gasteiger partial charge in [0.2, 0.25) is 12.7 Å². The number of amides is 1. The molecule has 8 heteroatoms. The van der Waals surface area contributed by atoms with Gasteiger partial charge in [-0.15, -0.1) is 0 Å². The molecule has 1 amide bonds. The Labute approximate surface area is 164 Å². The van der Waals surface area contributed by atoms with Gasteiger partial charge < -0.3 is 19.2 Å². The van der Waals surface area contributed by atoms with Gasteiger partial charge in [-0.05, 0) is 42.0 Å². The molecule has 1 aromatic heterocycles. The van der Waals surface area contributed by atoms with E-state index in [1.165, 1.54) is 11.8 Å². The molecule has 0 saturated heterocycles. The number of halogens is 1. The average molecular weight is 403 g/mol. The van der Waals surface area contributed by atoms with Gasteiger partial charge in [-0.1, -0.05) is 29.4 Å². The Kier molecular flexibility index (Phi) is 5.22. The van der Waals surface area contributed by atoms with Gasteiger partial charge in [-0.3, -0.25) is 4.79 Å². The van der Waals surface area contributed by atoms with Crippen LogP contribution in [0.3, 0.4) is 0 Å². The molecule has 1 aliphatic heterocycles. The van der Waals surface area contributed by atoms with Crippen molar-refractivity contribution in [2.75, 3.05) is 12.5 Å². The fourth-order valence-corrected chi connectivity index (χ4v) is 3.26. The minimum atomic E-state index is -0.107. The summed E-state index contributed by atoms with van der Waals surface area (Å²) in [5.74, 6) is 2.16. The van der Waals surface area contributed by atoms with E-state index in [9.17, 15) is 4.79 Å². The highest BCUT2D eigenvalue weighted by Gasteiger charge is 2.14. The molecule has 1 N–H and O–H groups in total. The maximum Gasteiger partial charge on any atom is 0.256 e. The van der Waals surface area contributed by atoms with E-state index in [4.69, 9.17) is 25.5 Å². The number of ether oxygens (including phenoxy) is 2. The summed E-state index contributed by atoms with van der Waals surface area (Å²) in [6.45, 7) is 0.646. The van der Waals surface area contributed by atoms with Crippen LogP contribution in [0.1, 0.15) is 5.56 Å². The summed E-state index contributed by atoms with van der Waals surface area (Å²) >= 11 is 7.12. The number of oxazole rings is 1. The van der Waals surface area contributed by atoms with Crippen LogP contribution in [0.5, 0.6) is 11.5 Å². The second kappa shape index (κ2) is 7.94. The van der Waals surface area contributed by atoms with Crippen molar-refractivity contribution in [3.63, 3.8) is 0 Å². The molecule has 3 aromatic rings. The number of rotatable bonds is 6. The number of aromatic nitrogens is 1. The molecule has 2 heterocycles. The van der Waals surface area contributed by atoms with E-state index in [-0.39, 0.29) is 18.5 Å². The first kappa shape index (κ1) is 17.8. The van der Waals surface area contributed by atoms with Gasteiger partial charge in [0, 0.05) is 17.1 Å². The molecule has 0 atom stereocenters. The number of benzene rings is 2. The number of hydrogen-bond donors (Lipinski definition) is 1. The third-order valence-corrected chi connectivity index (χ3v) is 4.96. The predicted octanol–water partition coefficient (Wildman–Crippen LogP) is 4.13. The third-order valence-electron chi connectivity index (χ3n) is 3.87. The third kappa shape index (κ3) is 4.37. The van der Waals surface area contributed by atoms with E-state index in [0.29, 0.717) is 28.3 Å². The molecule has 1 aliphatic rings. The van der Waals surface area contributed by atoms with Crippen LogP contribution in [0.15, 0.2) is 58.3 Å². The van der Waals surface area contributed by atoms with E-state index >= 15 is 0 Å². The Morgan fingerprint density at radius 2 is 1.96 bits per heavy atom. The van der Waals surface area contributed by atoms with Gasteiger partial charge in [-0.2, -0.15) is 0 Å². The van der Waals surface area contributed by atoms with Crippen molar-refractivity contribution in [2.45, 2.75) is 11.8 Å². The lowest BCUT2D eigenvalue weighted by Gasteiger charge is -2.05. The number of nitrogens with one attached hydrogen (secondary N) is 1. The molecular weight excluding hydrogens is 388 g/mol. The van der Waals surface area contributed by atoms with E-state index in [1.54, 1.807) is 18.3 Å². The van der Waals surface area contributed by atoms with E-state index in [1.807, 2.05) is 30.3 Å². The quantitative estimate of drug-likeness (QED) is 0.625. The first-order valence-corrected chi connectivity index (χ1v) is 9.53. The van der Waals surface area contributed by atoms with Crippen LogP contribution in [0, 0.1) is 0 Å². The Morgan fingerprint density at radius 1 is 1.15 bits per heavy atom. The molecule has 4 rings (SSSR count). The van der Waals surface area contributed by atoms with Gasteiger partial charge in [0.25, 0.3) is 5.22 Å². The van der Waals surface area contributed by atoms with E-state index in [2.05, 4.69) is 10.3 Å². The number of thioether (sulfide) groups is 1. The van der Waals surface area contributed by atoms with Crippen LogP contribution in [0.2, 0.25) is 5.02 Å². The fourth-order valence-electron chi connectivity index (χ4n) is 2.50. The molecule has 0 saturated carbocycles. The van der Waals surface area contributed by atoms with Gasteiger partial charge in [0.15, 0.2) is 17.3 Å². The SMILES string of the molecule is O=C(CSc1ncc(-c2ccc(Cl)cc2)o1)NCc1ccc2c(c1)OCO2. The molecule has 27 heavy (non-hydrogen) atoms. The zero-order valence-electron chi connectivity index (χ0n) is 14.1. The Balaban J connectivity index is 1.27. The van der Waals surface area contributed by atoms with Gasteiger partial charge in [-0.25, -0.2) is 4.98 Å². The average Bonchev–Trinajstić information content (AvgIpc) is 3.34. The van der Waals surface area contributed by atoms with Crippen LogP contribution in [-0.2, 0) is 11.3 Å². The lowest BCUT2D eigenvalue weighted by molar-refractivity contribution is -0.118. The Bertz CT molecular complexity index is 959. The van der Waals surface area contributed by atoms with Crippen molar-refractivity contribution in [2.24, 2.45) is 0 Å². The molecular formula is C19H15ClN2O4S. The summed E-state index contributed by atoms with van der Waals surface area (Å²) in [5.41, 5.74) is 1.82. The summed E-state index contributed by atoms with van der Waals surface area (Å²) in [5, 5.41) is 3.97. The van der Waals surface area contributed by atoms with Crippen LogP contribution in [0.25, 0.3) is 11.3 Å². The summed E-state index contributed by atoms with van der Waals surface area (Å²) in [6, 6.07) is 12.9. The standard InChI is InChI=1S/C19H15ClN2O4S/c20-14-4-2-13(3-5-14)17-9-22-19(26-17)27-10-18(23)21-8-12-1-6-15-16(7-12)25-11-24-15/h1-7,9H,8,10-11H2,(H,21,23). The minimum absolute atomic E-state index is 0.107. The normalized spacial score (nSPS) is 12.2. The topological polar surface area (TPSA) is 73.6 Å². The number of nitrogens with zero attached hydrogens (tertiary/aromatic N) is 1. The summed E-state index contributed by atoms with van der Waals surface area (Å²) in [7, 11) is 0. The van der Waals surface area contributed by atoms with E-state index in [0.717, 1.165) is 16.9 Å². The number of fused-ring (bicyclic) bond motifs is 1. The second-order valence-electron chi connectivity index (χ2n) is 5.75. The number of carbonyl (C=O) groups is 1. The Morgan fingerprint density at radius 3 is 2.81 bits per heavy atom. The zero-order chi connectivity index (χ0) is 18.6. The molecule has 0 aliphatic carbocycles. The summed E-state index contributed by atoms with van der Waals surface area (Å²) in [4.78, 5) is 16.3. The fraction of sp³-hybridized carbons (Fsp3) is 0.158. The summed E-state index contributed by atoms with van der Waals surface area (Å²) < 4.78 is 16.3. The monoisotopic (exact) mass is 402 g/mol. The largest absolute Gasteiger partial charge is 0.454 e. The molecule has 0 fully saturated rings. The van der Waals surface area contributed by atoms with Gasteiger partial charge >= 0.3 is 0 Å². The van der Waals surface area contributed by atoms with Crippen molar-refractivity contribution in [3.05, 3.63) is 59.2 Å². The molecule has 2 aromatic carbocycles. The lowest BCUT2D eigenvalue weighted by Crippen LogP contribution is -2.24. The molecule has 0 spiro atoms. The molecule has 0 radical (unpaired) electrons. The molecule has 0 unspecified atom stereocenters. The molecule has 6 nitrogen and oxygen atoms in total. The zero-order valence-corrected chi connectivity index (χ0v) is 15.7. The molecule has 0 bridgehead atoms. The van der Waals surface area contributed by atoms with Gasteiger partial charge in [0.1, 0.15) is 0 Å². The van der Waals surface area contributed by atoms with Crippen molar-refractivity contribution < 1.29 is 18.7 Å². The van der Waals surface area contributed by atoms with Crippen molar-refractivity contribution in [1.29, 1.82) is 0 Å². The number of hydrogen-bond acceptors (Lipinski definition) is 6. The van der Waals surface area contributed by atoms with Crippen molar-refractivity contribution >= 4 is 29.3 Å². The minimum Gasteiger partial charge on any atom is -0.454 e. The first-order chi connectivity index (χ1) is 13.2. The summed E-state index contributed by atoms with van der Waals surface area (Å²) in [6.07, 6.45) is 1.64. The highest BCUT2D eigenvalue weighted by atomic mass is 35.5. The van der Waals surface area contributed by atoms with Gasteiger partial charge in [0.05, 0.1) is 11.9 Å². The van der Waals surface area contributed by atoms with Crippen LogP contribution < -0.4 is 14.8 Å². The predicted molar refractivity (Wildman–Crippen MR) is 102 cm³/mol. The first-order valence-electron chi connectivity index (χ1n) is 8.17. The Hall–Kier alpha value is -2.64.